The fourth-order valence-corrected chi connectivity index (χ4v) is 2.70. The minimum atomic E-state index is 0.133. The van der Waals surface area contributed by atoms with Crippen LogP contribution in [-0.4, -0.2) is 0 Å². The summed E-state index contributed by atoms with van der Waals surface area (Å²) in [4.78, 5) is 0. The Morgan fingerprint density at radius 3 is 2.29 bits per heavy atom. The van der Waals surface area contributed by atoms with Crippen molar-refractivity contribution in [3.63, 3.8) is 0 Å². The summed E-state index contributed by atoms with van der Waals surface area (Å²) in [6, 6.07) is 8.43. The highest BCUT2D eigenvalue weighted by Crippen LogP contribution is 2.34. The first-order valence-electron chi connectivity index (χ1n) is 5.04. The van der Waals surface area contributed by atoms with E-state index in [0.717, 1.165) is 0 Å². The first kappa shape index (κ1) is 11.6. The summed E-state index contributed by atoms with van der Waals surface area (Å²) < 4.78 is 1.20. The van der Waals surface area contributed by atoms with Crippen molar-refractivity contribution in [3.8, 4) is 0 Å². The highest BCUT2D eigenvalue weighted by Gasteiger charge is 2.32. The van der Waals surface area contributed by atoms with Crippen LogP contribution in [0.5, 0.6) is 0 Å². The van der Waals surface area contributed by atoms with Crippen LogP contribution in [0.4, 0.5) is 0 Å². The van der Waals surface area contributed by atoms with Crippen LogP contribution < -0.4 is 0 Å². The van der Waals surface area contributed by atoms with Crippen molar-refractivity contribution < 1.29 is 0 Å². The smallest absolute Gasteiger partial charge is 0.0617 e. The average molecular weight is 254 g/mol. The van der Waals surface area contributed by atoms with Crippen LogP contribution >= 0.6 is 15.9 Å². The molecule has 0 nitrogen and oxygen atoms in total. The molecule has 1 aromatic carbocycles. The van der Waals surface area contributed by atoms with Gasteiger partial charge in [-0.3, -0.25) is 0 Å². The van der Waals surface area contributed by atoms with Gasteiger partial charge in [0, 0.05) is 10.0 Å². The number of rotatable bonds is 3. The molecule has 0 spiro atoms. The lowest BCUT2D eigenvalue weighted by Gasteiger charge is -2.19. The van der Waals surface area contributed by atoms with Gasteiger partial charge in [0.2, 0.25) is 0 Å². The molecular weight excluding hydrogens is 236 g/mol. The molecule has 0 radical (unpaired) electrons. The third-order valence-corrected chi connectivity index (χ3v) is 3.01. The zero-order chi connectivity index (χ0) is 10.8. The summed E-state index contributed by atoms with van der Waals surface area (Å²) in [5.74, 6) is 0.608. The van der Waals surface area contributed by atoms with Gasteiger partial charge in [0.05, 0.1) is 12.3 Å². The van der Waals surface area contributed by atoms with Crippen LogP contribution in [0.2, 0.25) is 0 Å². The van der Waals surface area contributed by atoms with Gasteiger partial charge in [-0.15, -0.1) is 0 Å². The van der Waals surface area contributed by atoms with Gasteiger partial charge >= 0.3 is 0 Å². The van der Waals surface area contributed by atoms with E-state index in [4.69, 9.17) is 0 Å². The van der Waals surface area contributed by atoms with Gasteiger partial charge in [0.25, 0.3) is 0 Å². The summed E-state index contributed by atoms with van der Waals surface area (Å²) in [5.41, 5.74) is 1.49. The van der Waals surface area contributed by atoms with Crippen LogP contribution in [0.3, 0.4) is 0 Å². The normalized spacial score (nSPS) is 11.9. The van der Waals surface area contributed by atoms with Gasteiger partial charge in [0.15, 0.2) is 0 Å². The molecule has 0 N–H and O–H groups in total. The van der Waals surface area contributed by atoms with Crippen molar-refractivity contribution in [1.82, 2.24) is 0 Å². The SMILES string of the molecule is CC(C)[CH+]C(C)(C)c1ccccc1Br. The molecule has 1 heteroatoms. The number of hydrogen-bond donors (Lipinski definition) is 0. The molecule has 0 atom stereocenters. The second kappa shape index (κ2) is 4.39. The number of hydrogen-bond acceptors (Lipinski definition) is 0. The second-order valence-electron chi connectivity index (χ2n) is 4.61. The van der Waals surface area contributed by atoms with E-state index in [1.807, 2.05) is 0 Å². The topological polar surface area (TPSA) is 0 Å². The minimum Gasteiger partial charge on any atom is -0.0617 e. The molecule has 0 heterocycles. The second-order valence-corrected chi connectivity index (χ2v) is 5.47. The van der Waals surface area contributed by atoms with E-state index < -0.39 is 0 Å². The van der Waals surface area contributed by atoms with Crippen molar-refractivity contribution in [2.45, 2.75) is 33.1 Å². The van der Waals surface area contributed by atoms with Gasteiger partial charge in [-0.1, -0.05) is 34.1 Å². The third-order valence-electron chi connectivity index (χ3n) is 2.32. The Balaban J connectivity index is 2.97. The summed E-state index contributed by atoms with van der Waals surface area (Å²) in [7, 11) is 0. The quantitative estimate of drug-likeness (QED) is 0.692. The van der Waals surface area contributed by atoms with E-state index in [-0.39, 0.29) is 5.41 Å². The average Bonchev–Trinajstić information content (AvgIpc) is 2.02. The van der Waals surface area contributed by atoms with Gasteiger partial charge in [-0.25, -0.2) is 0 Å². The van der Waals surface area contributed by atoms with E-state index in [1.54, 1.807) is 0 Å². The molecular formula is C13H18Br+. The van der Waals surface area contributed by atoms with Gasteiger partial charge in [0.1, 0.15) is 5.41 Å². The summed E-state index contributed by atoms with van der Waals surface area (Å²) in [6.45, 7) is 8.96. The fraction of sp³-hybridized carbons (Fsp3) is 0.462. The van der Waals surface area contributed by atoms with Crippen molar-refractivity contribution in [1.29, 1.82) is 0 Å². The zero-order valence-corrected chi connectivity index (χ0v) is 10.9. The standard InChI is InChI=1S/C13H18Br/c1-10(2)9-13(3,4)11-7-5-6-8-12(11)14/h5-10H,1-4H3/q+1. The number of benzene rings is 1. The highest BCUT2D eigenvalue weighted by molar-refractivity contribution is 9.10. The Labute approximate surface area is 95.9 Å². The van der Waals surface area contributed by atoms with Crippen molar-refractivity contribution in [3.05, 3.63) is 40.7 Å². The van der Waals surface area contributed by atoms with Crippen molar-refractivity contribution in [2.75, 3.05) is 0 Å². The molecule has 0 amide bonds. The Morgan fingerprint density at radius 2 is 1.79 bits per heavy atom. The van der Waals surface area contributed by atoms with E-state index in [2.05, 4.69) is 74.3 Å². The van der Waals surface area contributed by atoms with Gasteiger partial charge < -0.3 is 0 Å². The Kier molecular flexibility index (Phi) is 3.65. The third kappa shape index (κ3) is 2.78. The van der Waals surface area contributed by atoms with E-state index in [0.29, 0.717) is 5.92 Å². The molecule has 76 valence electrons. The predicted octanol–water partition coefficient (Wildman–Crippen LogP) is 4.59. The maximum Gasteiger partial charge on any atom is 0.128 e. The van der Waals surface area contributed by atoms with Crippen LogP contribution in [-0.2, 0) is 5.41 Å². The molecule has 0 bridgehead atoms. The molecule has 0 fully saturated rings. The van der Waals surface area contributed by atoms with Crippen molar-refractivity contribution >= 4 is 15.9 Å². The molecule has 0 aliphatic carbocycles. The molecule has 0 aliphatic rings. The molecule has 0 unspecified atom stereocenters. The molecule has 1 rings (SSSR count). The summed E-state index contributed by atoms with van der Waals surface area (Å²) in [5, 5.41) is 0. The van der Waals surface area contributed by atoms with E-state index >= 15 is 0 Å². The predicted molar refractivity (Wildman–Crippen MR) is 66.3 cm³/mol. The summed E-state index contributed by atoms with van der Waals surface area (Å²) in [6.07, 6.45) is 2.38. The fourth-order valence-electron chi connectivity index (χ4n) is 1.91. The molecule has 0 aliphatic heterocycles. The molecule has 0 saturated heterocycles. The monoisotopic (exact) mass is 253 g/mol. The lowest BCUT2D eigenvalue weighted by Crippen LogP contribution is -2.21. The van der Waals surface area contributed by atoms with Crippen molar-refractivity contribution in [2.24, 2.45) is 5.92 Å². The van der Waals surface area contributed by atoms with Crippen LogP contribution in [0.25, 0.3) is 0 Å². The molecule has 14 heavy (non-hydrogen) atoms. The molecule has 0 aromatic heterocycles. The molecule has 1 aromatic rings. The lowest BCUT2D eigenvalue weighted by molar-refractivity contribution is 0.528. The Bertz CT molecular complexity index is 300. The van der Waals surface area contributed by atoms with Gasteiger partial charge in [-0.05, 0) is 33.8 Å². The van der Waals surface area contributed by atoms with E-state index in [1.165, 1.54) is 10.0 Å². The zero-order valence-electron chi connectivity index (χ0n) is 9.34. The Hall–Kier alpha value is -0.430. The molecule has 0 saturated carbocycles. The lowest BCUT2D eigenvalue weighted by atomic mass is 9.78. The largest absolute Gasteiger partial charge is 0.128 e. The first-order valence-corrected chi connectivity index (χ1v) is 5.84. The van der Waals surface area contributed by atoms with Crippen LogP contribution in [0.15, 0.2) is 28.7 Å². The van der Waals surface area contributed by atoms with E-state index in [9.17, 15) is 0 Å². The number of halogens is 1. The highest BCUT2D eigenvalue weighted by atomic mass is 79.9. The van der Waals surface area contributed by atoms with Gasteiger partial charge in [-0.2, -0.15) is 0 Å². The van der Waals surface area contributed by atoms with Crippen LogP contribution in [0, 0.1) is 12.3 Å². The Morgan fingerprint density at radius 1 is 1.21 bits per heavy atom. The summed E-state index contributed by atoms with van der Waals surface area (Å²) >= 11 is 3.60. The first-order chi connectivity index (χ1) is 6.43. The van der Waals surface area contributed by atoms with Crippen LogP contribution in [0.1, 0.15) is 33.3 Å². The maximum absolute atomic E-state index is 3.60. The minimum absolute atomic E-state index is 0.133. The maximum atomic E-state index is 3.60.